The van der Waals surface area contributed by atoms with Crippen molar-refractivity contribution in [2.45, 2.75) is 19.0 Å². The molecule has 1 N–H and O–H groups in total. The predicted molar refractivity (Wildman–Crippen MR) is 62.8 cm³/mol. The Morgan fingerprint density at radius 2 is 2.11 bits per heavy atom. The van der Waals surface area contributed by atoms with Gasteiger partial charge >= 0.3 is 6.18 Å². The van der Waals surface area contributed by atoms with Crippen LogP contribution in [0.3, 0.4) is 0 Å². The van der Waals surface area contributed by atoms with Crippen LogP contribution in [0.1, 0.15) is 23.2 Å². The van der Waals surface area contributed by atoms with Gasteiger partial charge in [-0.3, -0.25) is 4.79 Å². The number of hydrogen-bond acceptors (Lipinski definition) is 2. The Labute approximate surface area is 108 Å². The molecule has 1 aromatic rings. The van der Waals surface area contributed by atoms with E-state index in [0.29, 0.717) is 13.0 Å². The van der Waals surface area contributed by atoms with E-state index in [1.165, 1.54) is 29.2 Å². The molecule has 1 aliphatic rings. The first kappa shape index (κ1) is 13.7. The molecule has 0 aromatic heterocycles. The van der Waals surface area contributed by atoms with Gasteiger partial charge in [0, 0.05) is 18.7 Å². The van der Waals surface area contributed by atoms with Crippen molar-refractivity contribution in [1.29, 1.82) is 0 Å². The van der Waals surface area contributed by atoms with Crippen molar-refractivity contribution in [3.05, 3.63) is 29.8 Å². The lowest BCUT2D eigenvalue weighted by Gasteiger charge is -2.33. The molecule has 19 heavy (non-hydrogen) atoms. The van der Waals surface area contributed by atoms with Crippen molar-refractivity contribution in [1.82, 2.24) is 4.90 Å². The fourth-order valence-electron chi connectivity index (χ4n) is 2.25. The molecule has 0 bridgehead atoms. The van der Waals surface area contributed by atoms with E-state index in [9.17, 15) is 23.1 Å². The maximum atomic E-state index is 12.7. The van der Waals surface area contributed by atoms with Crippen molar-refractivity contribution in [2.75, 3.05) is 13.1 Å². The Balaban J connectivity index is 2.11. The summed E-state index contributed by atoms with van der Waals surface area (Å²) in [6, 6.07) is 5.65. The van der Waals surface area contributed by atoms with Gasteiger partial charge in [-0.05, 0) is 31.0 Å². The van der Waals surface area contributed by atoms with Gasteiger partial charge in [-0.1, -0.05) is 6.07 Å². The van der Waals surface area contributed by atoms with Crippen LogP contribution in [0.2, 0.25) is 0 Å². The minimum atomic E-state index is -4.27. The fraction of sp³-hybridized carbons (Fsp3) is 0.462. The molecule has 3 nitrogen and oxygen atoms in total. The molecule has 0 spiro atoms. The first-order valence-electron chi connectivity index (χ1n) is 6.03. The summed E-state index contributed by atoms with van der Waals surface area (Å²) < 4.78 is 38.0. The van der Waals surface area contributed by atoms with Crippen molar-refractivity contribution in [3.63, 3.8) is 0 Å². The molecule has 1 aliphatic heterocycles. The highest BCUT2D eigenvalue weighted by Gasteiger charge is 2.42. The topological polar surface area (TPSA) is 40.5 Å². The number of halogens is 3. The van der Waals surface area contributed by atoms with E-state index >= 15 is 0 Å². The molecule has 1 fully saturated rings. The Kier molecular flexibility index (Phi) is 3.68. The lowest BCUT2D eigenvalue weighted by atomic mass is 9.97. The van der Waals surface area contributed by atoms with Gasteiger partial charge in [-0.25, -0.2) is 0 Å². The maximum Gasteiger partial charge on any atom is 0.393 e. The van der Waals surface area contributed by atoms with Crippen LogP contribution in [-0.2, 0) is 0 Å². The maximum absolute atomic E-state index is 12.7. The third-order valence-electron chi connectivity index (χ3n) is 3.26. The number of nitrogens with zero attached hydrogens (tertiary/aromatic N) is 1. The highest BCUT2D eigenvalue weighted by Crippen LogP contribution is 2.33. The standard InChI is InChI=1S/C13H14F3NO2/c14-13(15,16)10-4-2-6-17(8-10)12(19)9-3-1-5-11(18)7-9/h1,3,5,7,10,18H,2,4,6,8H2. The molecule has 0 radical (unpaired) electrons. The number of benzene rings is 1. The van der Waals surface area contributed by atoms with Crippen LogP contribution in [0.25, 0.3) is 0 Å². The quantitative estimate of drug-likeness (QED) is 0.854. The van der Waals surface area contributed by atoms with Gasteiger partial charge in [0.1, 0.15) is 5.75 Å². The molecule has 0 aliphatic carbocycles. The van der Waals surface area contributed by atoms with Crippen LogP contribution in [0, 0.1) is 5.92 Å². The number of amides is 1. The highest BCUT2D eigenvalue weighted by atomic mass is 19.4. The summed E-state index contributed by atoms with van der Waals surface area (Å²) in [7, 11) is 0. The van der Waals surface area contributed by atoms with Crippen LogP contribution < -0.4 is 0 Å². The predicted octanol–water partition coefficient (Wildman–Crippen LogP) is 2.81. The zero-order valence-electron chi connectivity index (χ0n) is 10.2. The normalized spacial score (nSPS) is 20.4. The van der Waals surface area contributed by atoms with E-state index in [2.05, 4.69) is 0 Å². The monoisotopic (exact) mass is 273 g/mol. The summed E-state index contributed by atoms with van der Waals surface area (Å²) in [6.45, 7) is 0.0130. The van der Waals surface area contributed by atoms with E-state index in [0.717, 1.165) is 0 Å². The number of alkyl halides is 3. The van der Waals surface area contributed by atoms with Crippen molar-refractivity contribution in [3.8, 4) is 5.75 Å². The van der Waals surface area contributed by atoms with Crippen LogP contribution in [0.5, 0.6) is 5.75 Å². The molecule has 104 valence electrons. The third-order valence-corrected chi connectivity index (χ3v) is 3.26. The van der Waals surface area contributed by atoms with Crippen molar-refractivity contribution >= 4 is 5.91 Å². The number of phenols is 1. The summed E-state index contributed by atoms with van der Waals surface area (Å²) in [5, 5.41) is 9.29. The SMILES string of the molecule is O=C(c1cccc(O)c1)N1CCCC(C(F)(F)F)C1. The minimum absolute atomic E-state index is 0.0628. The molecule has 1 saturated heterocycles. The Morgan fingerprint density at radius 3 is 2.74 bits per heavy atom. The molecule has 1 aromatic carbocycles. The number of hydrogen-bond donors (Lipinski definition) is 1. The zero-order valence-corrected chi connectivity index (χ0v) is 10.2. The number of carbonyl (C=O) groups excluding carboxylic acids is 1. The summed E-state index contributed by atoms with van der Waals surface area (Å²) in [6.07, 6.45) is -3.86. The number of carbonyl (C=O) groups is 1. The van der Waals surface area contributed by atoms with Gasteiger partial charge in [0.2, 0.25) is 0 Å². The van der Waals surface area contributed by atoms with Gasteiger partial charge in [0.05, 0.1) is 5.92 Å². The average molecular weight is 273 g/mol. The summed E-state index contributed by atoms with van der Waals surface area (Å²) in [5.41, 5.74) is 0.211. The van der Waals surface area contributed by atoms with E-state index in [1.54, 1.807) is 0 Å². The Morgan fingerprint density at radius 1 is 1.37 bits per heavy atom. The largest absolute Gasteiger partial charge is 0.508 e. The molecular formula is C13H14F3NO2. The summed E-state index contributed by atoms with van der Waals surface area (Å²) in [4.78, 5) is 13.3. The van der Waals surface area contributed by atoms with Gasteiger partial charge < -0.3 is 10.0 Å². The van der Waals surface area contributed by atoms with E-state index < -0.39 is 18.0 Å². The van der Waals surface area contributed by atoms with Crippen LogP contribution >= 0.6 is 0 Å². The molecule has 6 heteroatoms. The molecular weight excluding hydrogens is 259 g/mol. The van der Waals surface area contributed by atoms with E-state index in [-0.39, 0.29) is 24.3 Å². The van der Waals surface area contributed by atoms with Crippen molar-refractivity contribution in [2.24, 2.45) is 5.92 Å². The third kappa shape index (κ3) is 3.19. The lowest BCUT2D eigenvalue weighted by Crippen LogP contribution is -2.44. The molecule has 1 unspecified atom stereocenters. The minimum Gasteiger partial charge on any atom is -0.508 e. The zero-order chi connectivity index (χ0) is 14.0. The van der Waals surface area contributed by atoms with E-state index in [1.807, 2.05) is 0 Å². The van der Waals surface area contributed by atoms with Gasteiger partial charge in [0.15, 0.2) is 0 Å². The summed E-state index contributed by atoms with van der Waals surface area (Å²) >= 11 is 0. The van der Waals surface area contributed by atoms with Gasteiger partial charge in [-0.2, -0.15) is 13.2 Å². The number of likely N-dealkylation sites (tertiary alicyclic amines) is 1. The molecule has 2 rings (SSSR count). The van der Waals surface area contributed by atoms with E-state index in [4.69, 9.17) is 0 Å². The number of phenolic OH excluding ortho intramolecular Hbond substituents is 1. The first-order valence-corrected chi connectivity index (χ1v) is 6.03. The van der Waals surface area contributed by atoms with Crippen molar-refractivity contribution < 1.29 is 23.1 Å². The van der Waals surface area contributed by atoms with Crippen LogP contribution in [-0.4, -0.2) is 35.2 Å². The molecule has 0 saturated carbocycles. The van der Waals surface area contributed by atoms with Gasteiger partial charge in [-0.15, -0.1) is 0 Å². The fourth-order valence-corrected chi connectivity index (χ4v) is 2.25. The smallest absolute Gasteiger partial charge is 0.393 e. The second kappa shape index (κ2) is 5.11. The van der Waals surface area contributed by atoms with Crippen LogP contribution in [0.15, 0.2) is 24.3 Å². The second-order valence-electron chi connectivity index (χ2n) is 4.68. The number of rotatable bonds is 1. The van der Waals surface area contributed by atoms with Gasteiger partial charge in [0.25, 0.3) is 5.91 Å². The second-order valence-corrected chi connectivity index (χ2v) is 4.68. The highest BCUT2D eigenvalue weighted by molar-refractivity contribution is 5.94. The lowest BCUT2D eigenvalue weighted by molar-refractivity contribution is -0.184. The first-order chi connectivity index (χ1) is 8.88. The molecule has 1 amide bonds. The average Bonchev–Trinajstić information content (AvgIpc) is 2.37. The Hall–Kier alpha value is -1.72. The Bertz CT molecular complexity index is 473. The number of piperidine rings is 1. The van der Waals surface area contributed by atoms with Crippen LogP contribution in [0.4, 0.5) is 13.2 Å². The number of aromatic hydroxyl groups is 1. The molecule has 1 heterocycles. The summed E-state index contributed by atoms with van der Waals surface area (Å²) in [5.74, 6) is -2.00. The molecule has 1 atom stereocenters.